The normalized spacial score (nSPS) is 27.1. The van der Waals surface area contributed by atoms with E-state index in [-0.39, 0.29) is 11.8 Å². The fraction of sp³-hybridized carbons (Fsp3) is 1.00. The van der Waals surface area contributed by atoms with Crippen molar-refractivity contribution in [1.82, 2.24) is 4.72 Å². The summed E-state index contributed by atoms with van der Waals surface area (Å²) in [5.74, 6) is 1.23. The molecular weight excluding hydrogens is 234 g/mol. The first-order valence-electron chi connectivity index (χ1n) is 5.61. The monoisotopic (exact) mass is 253 g/mol. The Kier molecular flexibility index (Phi) is 5.36. The zero-order valence-electron chi connectivity index (χ0n) is 9.21. The standard InChI is InChI=1S/C10H20ClNO2S/c1-9-5-4-6-10(9)12-15(13,14)8-3-2-7-11/h9-10,12H,2-8H2,1H3. The lowest BCUT2D eigenvalue weighted by Gasteiger charge is -2.17. The number of halogens is 1. The first-order valence-corrected chi connectivity index (χ1v) is 7.80. The third-order valence-electron chi connectivity index (χ3n) is 2.99. The van der Waals surface area contributed by atoms with Crippen LogP contribution in [-0.2, 0) is 10.0 Å². The average molecular weight is 254 g/mol. The van der Waals surface area contributed by atoms with E-state index < -0.39 is 10.0 Å². The molecule has 5 heteroatoms. The largest absolute Gasteiger partial charge is 0.212 e. The number of nitrogens with one attached hydrogen (secondary N) is 1. The van der Waals surface area contributed by atoms with Gasteiger partial charge in [0.15, 0.2) is 0 Å². The molecule has 0 aliphatic heterocycles. The second-order valence-electron chi connectivity index (χ2n) is 4.35. The molecule has 1 saturated carbocycles. The van der Waals surface area contributed by atoms with Crippen LogP contribution in [0.3, 0.4) is 0 Å². The van der Waals surface area contributed by atoms with Gasteiger partial charge in [0.2, 0.25) is 10.0 Å². The summed E-state index contributed by atoms with van der Waals surface area (Å²) in [7, 11) is -3.08. The Morgan fingerprint density at radius 3 is 2.60 bits per heavy atom. The average Bonchev–Trinajstić information content (AvgIpc) is 2.51. The smallest absolute Gasteiger partial charge is 0.211 e. The third-order valence-corrected chi connectivity index (χ3v) is 4.74. The van der Waals surface area contributed by atoms with Crippen molar-refractivity contribution in [2.45, 2.75) is 45.1 Å². The Labute approximate surface area is 97.6 Å². The number of unbranched alkanes of at least 4 members (excludes halogenated alkanes) is 1. The van der Waals surface area contributed by atoms with E-state index in [4.69, 9.17) is 11.6 Å². The van der Waals surface area contributed by atoms with Crippen molar-refractivity contribution in [2.24, 2.45) is 5.92 Å². The van der Waals surface area contributed by atoms with Gasteiger partial charge in [-0.2, -0.15) is 0 Å². The molecule has 1 aliphatic rings. The Morgan fingerprint density at radius 1 is 1.33 bits per heavy atom. The minimum atomic E-state index is -3.08. The molecule has 0 spiro atoms. The first-order chi connectivity index (χ1) is 7.05. The maximum absolute atomic E-state index is 11.7. The highest BCUT2D eigenvalue weighted by Gasteiger charge is 2.26. The lowest BCUT2D eigenvalue weighted by atomic mass is 10.1. The van der Waals surface area contributed by atoms with Gasteiger partial charge in [0.05, 0.1) is 5.75 Å². The van der Waals surface area contributed by atoms with Gasteiger partial charge in [-0.15, -0.1) is 11.6 Å². The van der Waals surface area contributed by atoms with Gasteiger partial charge in [-0.1, -0.05) is 13.3 Å². The molecule has 0 saturated heterocycles. The number of hydrogen-bond donors (Lipinski definition) is 1. The molecule has 1 rings (SSSR count). The minimum Gasteiger partial charge on any atom is -0.212 e. The zero-order chi connectivity index (χ0) is 11.3. The fourth-order valence-electron chi connectivity index (χ4n) is 2.00. The Bertz CT molecular complexity index is 279. The van der Waals surface area contributed by atoms with Crippen molar-refractivity contribution in [3.05, 3.63) is 0 Å². The van der Waals surface area contributed by atoms with Crippen LogP contribution in [-0.4, -0.2) is 26.1 Å². The highest BCUT2D eigenvalue weighted by molar-refractivity contribution is 7.89. The second-order valence-corrected chi connectivity index (χ2v) is 6.60. The molecule has 0 heterocycles. The third kappa shape index (κ3) is 4.70. The first kappa shape index (κ1) is 13.3. The van der Waals surface area contributed by atoms with Crippen molar-refractivity contribution in [3.63, 3.8) is 0 Å². The quantitative estimate of drug-likeness (QED) is 0.582. The molecule has 0 aromatic heterocycles. The van der Waals surface area contributed by atoms with Gasteiger partial charge in [-0.3, -0.25) is 0 Å². The number of hydrogen-bond acceptors (Lipinski definition) is 2. The van der Waals surface area contributed by atoms with E-state index in [0.29, 0.717) is 18.2 Å². The van der Waals surface area contributed by atoms with Crippen LogP contribution in [0.4, 0.5) is 0 Å². The maximum atomic E-state index is 11.7. The van der Waals surface area contributed by atoms with Crippen LogP contribution >= 0.6 is 11.6 Å². The fourth-order valence-corrected chi connectivity index (χ4v) is 3.70. The Morgan fingerprint density at radius 2 is 2.07 bits per heavy atom. The molecule has 0 aromatic rings. The zero-order valence-corrected chi connectivity index (χ0v) is 10.8. The summed E-state index contributed by atoms with van der Waals surface area (Å²) in [6, 6.07) is 0.158. The topological polar surface area (TPSA) is 46.2 Å². The molecule has 1 N–H and O–H groups in total. The van der Waals surface area contributed by atoms with Crippen LogP contribution in [0.5, 0.6) is 0 Å². The van der Waals surface area contributed by atoms with Crippen molar-refractivity contribution < 1.29 is 8.42 Å². The predicted molar refractivity (Wildman–Crippen MR) is 63.7 cm³/mol. The molecule has 0 amide bonds. The number of rotatable bonds is 6. The van der Waals surface area contributed by atoms with Crippen molar-refractivity contribution >= 4 is 21.6 Å². The summed E-state index contributed by atoms with van der Waals surface area (Å²) in [6.45, 7) is 2.11. The summed E-state index contributed by atoms with van der Waals surface area (Å²) in [4.78, 5) is 0. The molecule has 15 heavy (non-hydrogen) atoms. The summed E-state index contributed by atoms with van der Waals surface area (Å²) in [6.07, 6.45) is 4.67. The van der Waals surface area contributed by atoms with Gasteiger partial charge < -0.3 is 0 Å². The van der Waals surface area contributed by atoms with Crippen molar-refractivity contribution in [1.29, 1.82) is 0 Å². The highest BCUT2D eigenvalue weighted by atomic mass is 35.5. The van der Waals surface area contributed by atoms with Gasteiger partial charge in [0.25, 0.3) is 0 Å². The maximum Gasteiger partial charge on any atom is 0.211 e. The van der Waals surface area contributed by atoms with E-state index in [1.165, 1.54) is 0 Å². The van der Waals surface area contributed by atoms with Crippen LogP contribution in [0.25, 0.3) is 0 Å². The van der Waals surface area contributed by atoms with E-state index >= 15 is 0 Å². The Balaban J connectivity index is 2.35. The number of alkyl halides is 1. The van der Waals surface area contributed by atoms with E-state index in [9.17, 15) is 8.42 Å². The van der Waals surface area contributed by atoms with Crippen LogP contribution < -0.4 is 4.72 Å². The van der Waals surface area contributed by atoms with Gasteiger partial charge in [-0.05, 0) is 31.6 Å². The van der Waals surface area contributed by atoms with Gasteiger partial charge >= 0.3 is 0 Å². The summed E-state index contributed by atoms with van der Waals surface area (Å²) >= 11 is 5.51. The summed E-state index contributed by atoms with van der Waals surface area (Å²) in [5.41, 5.74) is 0. The highest BCUT2D eigenvalue weighted by Crippen LogP contribution is 2.25. The van der Waals surface area contributed by atoms with Crippen LogP contribution in [0.15, 0.2) is 0 Å². The van der Waals surface area contributed by atoms with Gasteiger partial charge in [-0.25, -0.2) is 13.1 Å². The van der Waals surface area contributed by atoms with Gasteiger partial charge in [0, 0.05) is 11.9 Å². The molecule has 0 radical (unpaired) electrons. The van der Waals surface area contributed by atoms with Crippen LogP contribution in [0, 0.1) is 5.92 Å². The van der Waals surface area contributed by atoms with Crippen LogP contribution in [0.1, 0.15) is 39.0 Å². The summed E-state index contributed by atoms with van der Waals surface area (Å²) in [5, 5.41) is 0. The molecule has 1 fully saturated rings. The molecule has 0 bridgehead atoms. The van der Waals surface area contributed by atoms with Crippen molar-refractivity contribution in [2.75, 3.05) is 11.6 Å². The van der Waals surface area contributed by atoms with Crippen LogP contribution in [0.2, 0.25) is 0 Å². The van der Waals surface area contributed by atoms with Gasteiger partial charge in [0.1, 0.15) is 0 Å². The lowest BCUT2D eigenvalue weighted by molar-refractivity contribution is 0.476. The van der Waals surface area contributed by atoms with E-state index in [0.717, 1.165) is 25.7 Å². The van der Waals surface area contributed by atoms with E-state index in [1.807, 2.05) is 0 Å². The minimum absolute atomic E-state index is 0.158. The second kappa shape index (κ2) is 6.06. The molecule has 1 aliphatic carbocycles. The molecule has 90 valence electrons. The molecule has 2 atom stereocenters. The molecule has 3 nitrogen and oxygen atoms in total. The number of sulfonamides is 1. The molecule has 2 unspecified atom stereocenters. The van der Waals surface area contributed by atoms with E-state index in [1.54, 1.807) is 0 Å². The molecule has 0 aromatic carbocycles. The SMILES string of the molecule is CC1CCCC1NS(=O)(=O)CCCCCl. The molecular formula is C10H20ClNO2S. The lowest BCUT2D eigenvalue weighted by Crippen LogP contribution is -2.37. The predicted octanol–water partition coefficient (Wildman–Crippen LogP) is 2.11. The van der Waals surface area contributed by atoms with Crippen molar-refractivity contribution in [3.8, 4) is 0 Å². The summed E-state index contributed by atoms with van der Waals surface area (Å²) < 4.78 is 26.1. The van der Waals surface area contributed by atoms with E-state index in [2.05, 4.69) is 11.6 Å². The Hall–Kier alpha value is 0.200.